The molecule has 5 nitrogen and oxygen atoms in total. The van der Waals surface area contributed by atoms with E-state index in [1.165, 1.54) is 7.11 Å². The molecule has 0 fully saturated rings. The molecule has 0 saturated heterocycles. The van der Waals surface area contributed by atoms with E-state index in [0.29, 0.717) is 5.56 Å². The molecule has 1 amide bonds. The van der Waals surface area contributed by atoms with Gasteiger partial charge in [-0.05, 0) is 36.5 Å². The molecule has 5 heteroatoms. The van der Waals surface area contributed by atoms with Crippen LogP contribution in [0.15, 0.2) is 18.2 Å². The van der Waals surface area contributed by atoms with Crippen LogP contribution in [0.25, 0.3) is 0 Å². The van der Waals surface area contributed by atoms with Crippen molar-refractivity contribution in [3.63, 3.8) is 0 Å². The van der Waals surface area contributed by atoms with Gasteiger partial charge in [-0.2, -0.15) is 0 Å². The van der Waals surface area contributed by atoms with E-state index in [0.717, 1.165) is 30.6 Å². The molecule has 0 aromatic heterocycles. The highest BCUT2D eigenvalue weighted by molar-refractivity contribution is 5.99. The smallest absolute Gasteiger partial charge is 0.328 e. The summed E-state index contributed by atoms with van der Waals surface area (Å²) in [5, 5.41) is 6.09. The number of amides is 1. The Hall–Kier alpha value is -2.04. The number of anilines is 1. The van der Waals surface area contributed by atoms with Gasteiger partial charge in [0.15, 0.2) is 0 Å². The summed E-state index contributed by atoms with van der Waals surface area (Å²) in [6, 6.07) is 5.01. The Bertz CT molecular complexity index is 540. The van der Waals surface area contributed by atoms with Gasteiger partial charge in [-0.25, -0.2) is 4.79 Å². The molecule has 0 unspecified atom stereocenters. The molecule has 1 aliphatic rings. The van der Waals surface area contributed by atoms with Crippen LogP contribution in [-0.4, -0.2) is 31.6 Å². The SMILES string of the molecule is COC(=O)[C@@H](NC(=O)c1cccc2c1CCCN2)C(C)C. The van der Waals surface area contributed by atoms with E-state index in [1.54, 1.807) is 6.07 Å². The second kappa shape index (κ2) is 6.61. The van der Waals surface area contributed by atoms with Crippen LogP contribution in [0.2, 0.25) is 0 Å². The van der Waals surface area contributed by atoms with E-state index >= 15 is 0 Å². The summed E-state index contributed by atoms with van der Waals surface area (Å²) in [6.45, 7) is 4.68. The lowest BCUT2D eigenvalue weighted by atomic mass is 9.96. The Morgan fingerprint density at radius 1 is 1.33 bits per heavy atom. The predicted molar refractivity (Wildman–Crippen MR) is 81.4 cm³/mol. The van der Waals surface area contributed by atoms with Crippen molar-refractivity contribution in [3.05, 3.63) is 29.3 Å². The Morgan fingerprint density at radius 3 is 2.76 bits per heavy atom. The molecule has 0 bridgehead atoms. The largest absolute Gasteiger partial charge is 0.467 e. The summed E-state index contributed by atoms with van der Waals surface area (Å²) in [5.74, 6) is -0.667. The van der Waals surface area contributed by atoms with Gasteiger partial charge in [-0.15, -0.1) is 0 Å². The molecular weight excluding hydrogens is 268 g/mol. The first kappa shape index (κ1) is 15.4. The first-order valence-corrected chi connectivity index (χ1v) is 7.29. The number of rotatable bonds is 4. The van der Waals surface area contributed by atoms with Gasteiger partial charge in [0.25, 0.3) is 5.91 Å². The first-order chi connectivity index (χ1) is 10.0. The maximum absolute atomic E-state index is 12.5. The number of fused-ring (bicyclic) bond motifs is 1. The van der Waals surface area contributed by atoms with Crippen molar-refractivity contribution in [2.75, 3.05) is 19.0 Å². The molecule has 1 atom stereocenters. The maximum atomic E-state index is 12.5. The highest BCUT2D eigenvalue weighted by Crippen LogP contribution is 2.25. The first-order valence-electron chi connectivity index (χ1n) is 7.29. The Kier molecular flexibility index (Phi) is 4.83. The van der Waals surface area contributed by atoms with Gasteiger partial charge >= 0.3 is 5.97 Å². The molecule has 2 N–H and O–H groups in total. The molecule has 1 aromatic rings. The molecule has 2 rings (SSSR count). The lowest BCUT2D eigenvalue weighted by Crippen LogP contribution is -2.45. The van der Waals surface area contributed by atoms with Gasteiger partial charge < -0.3 is 15.4 Å². The van der Waals surface area contributed by atoms with Gasteiger partial charge in [-0.3, -0.25) is 4.79 Å². The van der Waals surface area contributed by atoms with Crippen molar-refractivity contribution in [1.29, 1.82) is 0 Å². The minimum Gasteiger partial charge on any atom is -0.467 e. The average molecular weight is 290 g/mol. The summed E-state index contributed by atoms with van der Waals surface area (Å²) in [4.78, 5) is 24.3. The van der Waals surface area contributed by atoms with Crippen LogP contribution in [0.5, 0.6) is 0 Å². The Morgan fingerprint density at radius 2 is 2.10 bits per heavy atom. The number of hydrogen-bond donors (Lipinski definition) is 2. The highest BCUT2D eigenvalue weighted by Gasteiger charge is 2.27. The number of nitrogens with one attached hydrogen (secondary N) is 2. The van der Waals surface area contributed by atoms with E-state index in [2.05, 4.69) is 10.6 Å². The van der Waals surface area contributed by atoms with E-state index < -0.39 is 12.0 Å². The van der Waals surface area contributed by atoms with Crippen LogP contribution in [0.4, 0.5) is 5.69 Å². The van der Waals surface area contributed by atoms with Crippen LogP contribution < -0.4 is 10.6 Å². The number of methoxy groups -OCH3 is 1. The molecule has 0 aliphatic carbocycles. The minimum atomic E-state index is -0.630. The molecule has 21 heavy (non-hydrogen) atoms. The summed E-state index contributed by atoms with van der Waals surface area (Å²) in [6.07, 6.45) is 1.87. The average Bonchev–Trinajstić information content (AvgIpc) is 2.50. The topological polar surface area (TPSA) is 67.4 Å². The van der Waals surface area contributed by atoms with Gasteiger partial charge in [0.2, 0.25) is 0 Å². The van der Waals surface area contributed by atoms with Crippen molar-refractivity contribution in [2.45, 2.75) is 32.7 Å². The molecule has 0 saturated carbocycles. The van der Waals surface area contributed by atoms with E-state index in [9.17, 15) is 9.59 Å². The van der Waals surface area contributed by atoms with Gasteiger partial charge in [0, 0.05) is 17.8 Å². The van der Waals surface area contributed by atoms with Crippen molar-refractivity contribution < 1.29 is 14.3 Å². The quantitative estimate of drug-likeness (QED) is 0.832. The number of carbonyl (C=O) groups is 2. The lowest BCUT2D eigenvalue weighted by molar-refractivity contribution is -0.144. The molecule has 1 aromatic carbocycles. The second-order valence-electron chi connectivity index (χ2n) is 5.58. The van der Waals surface area contributed by atoms with E-state index in [-0.39, 0.29) is 11.8 Å². The standard InChI is InChI=1S/C16H22N2O3/c1-10(2)14(16(20)21-3)18-15(19)12-6-4-8-13-11(12)7-5-9-17-13/h4,6,8,10,14,17H,5,7,9H2,1-3H3,(H,18,19)/t14-/m0/s1. The maximum Gasteiger partial charge on any atom is 0.328 e. The number of esters is 1. The zero-order chi connectivity index (χ0) is 15.4. The molecule has 114 valence electrons. The van der Waals surface area contributed by atoms with Crippen molar-refractivity contribution >= 4 is 17.6 Å². The fourth-order valence-electron chi connectivity index (χ4n) is 2.57. The van der Waals surface area contributed by atoms with Gasteiger partial charge in [0.1, 0.15) is 6.04 Å². The number of ether oxygens (including phenoxy) is 1. The van der Waals surface area contributed by atoms with Crippen LogP contribution in [0, 0.1) is 5.92 Å². The highest BCUT2D eigenvalue weighted by atomic mass is 16.5. The third-order valence-corrected chi connectivity index (χ3v) is 3.75. The number of hydrogen-bond acceptors (Lipinski definition) is 4. The molecule has 1 aliphatic heterocycles. The Balaban J connectivity index is 2.22. The van der Waals surface area contributed by atoms with E-state index in [4.69, 9.17) is 4.74 Å². The van der Waals surface area contributed by atoms with Gasteiger partial charge in [-0.1, -0.05) is 19.9 Å². The summed E-state index contributed by atoms with van der Waals surface area (Å²) in [5.41, 5.74) is 2.66. The molecular formula is C16H22N2O3. The van der Waals surface area contributed by atoms with Crippen LogP contribution >= 0.6 is 0 Å². The van der Waals surface area contributed by atoms with Crippen molar-refractivity contribution in [2.24, 2.45) is 5.92 Å². The predicted octanol–water partition coefficient (Wildman–Crippen LogP) is 1.97. The fraction of sp³-hybridized carbons (Fsp3) is 0.500. The van der Waals surface area contributed by atoms with Crippen molar-refractivity contribution in [1.82, 2.24) is 5.32 Å². The summed E-state index contributed by atoms with van der Waals surface area (Å²) >= 11 is 0. The van der Waals surface area contributed by atoms with Crippen LogP contribution in [0.3, 0.4) is 0 Å². The molecule has 1 heterocycles. The number of carbonyl (C=O) groups excluding carboxylic acids is 2. The summed E-state index contributed by atoms with van der Waals surface area (Å²) in [7, 11) is 1.33. The van der Waals surface area contributed by atoms with Gasteiger partial charge in [0.05, 0.1) is 7.11 Å². The zero-order valence-corrected chi connectivity index (χ0v) is 12.7. The lowest BCUT2D eigenvalue weighted by Gasteiger charge is -2.23. The summed E-state index contributed by atoms with van der Waals surface area (Å²) < 4.78 is 4.76. The third kappa shape index (κ3) is 3.35. The molecule has 0 spiro atoms. The number of benzene rings is 1. The monoisotopic (exact) mass is 290 g/mol. The normalized spacial score (nSPS) is 14.9. The van der Waals surface area contributed by atoms with Crippen LogP contribution in [0.1, 0.15) is 36.2 Å². The Labute approximate surface area is 125 Å². The minimum absolute atomic E-state index is 0.0286. The van der Waals surface area contributed by atoms with Crippen LogP contribution in [-0.2, 0) is 16.0 Å². The van der Waals surface area contributed by atoms with Crippen molar-refractivity contribution in [3.8, 4) is 0 Å². The third-order valence-electron chi connectivity index (χ3n) is 3.75. The fourth-order valence-corrected chi connectivity index (χ4v) is 2.57. The second-order valence-corrected chi connectivity index (χ2v) is 5.58. The molecule has 0 radical (unpaired) electrons. The van der Waals surface area contributed by atoms with E-state index in [1.807, 2.05) is 26.0 Å². The zero-order valence-electron chi connectivity index (χ0n) is 12.7.